The number of aromatic nitrogens is 4. The largest absolute Gasteiger partial charge is 0.495 e. The van der Waals surface area contributed by atoms with Crippen LogP contribution in [0.3, 0.4) is 0 Å². The minimum atomic E-state index is -0.311. The highest BCUT2D eigenvalue weighted by Gasteiger charge is 2.07. The highest BCUT2D eigenvalue weighted by molar-refractivity contribution is 5.68. The first-order valence-corrected chi connectivity index (χ1v) is 8.84. The molecule has 29 heavy (non-hydrogen) atoms. The number of methoxy groups -OCH3 is 1. The number of hydrogen-bond donors (Lipinski definition) is 1. The van der Waals surface area contributed by atoms with Crippen LogP contribution in [-0.4, -0.2) is 26.9 Å². The summed E-state index contributed by atoms with van der Waals surface area (Å²) in [6.45, 7) is 1.93. The number of aryl methyl sites for hydroxylation is 1. The molecule has 0 aliphatic rings. The normalized spacial score (nSPS) is 11.1. The monoisotopic (exact) mass is 391 g/mol. The van der Waals surface area contributed by atoms with Crippen LogP contribution in [0.4, 0.5) is 16.1 Å². The lowest BCUT2D eigenvalue weighted by molar-refractivity contribution is 0.413. The topological polar surface area (TPSA) is 78.0 Å². The van der Waals surface area contributed by atoms with Crippen LogP contribution >= 0.6 is 0 Å². The number of ether oxygens (including phenoxy) is 1. The van der Waals surface area contributed by atoms with Crippen LogP contribution in [-0.2, 0) is 0 Å². The summed E-state index contributed by atoms with van der Waals surface area (Å²) in [4.78, 5) is 4.24. The fourth-order valence-corrected chi connectivity index (χ4v) is 2.74. The first kappa shape index (κ1) is 18.4. The Bertz CT molecular complexity index is 1150. The summed E-state index contributed by atoms with van der Waals surface area (Å²) in [7, 11) is 1.63. The maximum Gasteiger partial charge on any atom is 0.320 e. The third kappa shape index (κ3) is 4.32. The van der Waals surface area contributed by atoms with Gasteiger partial charge in [0, 0.05) is 18.0 Å². The predicted octanol–water partition coefficient (Wildman–Crippen LogP) is 4.63. The number of anilines is 2. The summed E-state index contributed by atoms with van der Waals surface area (Å²) in [5.41, 5.74) is 3.39. The maximum atomic E-state index is 13.0. The van der Waals surface area contributed by atoms with Crippen LogP contribution in [0, 0.1) is 12.7 Å². The van der Waals surface area contributed by atoms with Gasteiger partial charge in [0.25, 0.3) is 0 Å². The molecular formula is C21H18FN5O2. The van der Waals surface area contributed by atoms with E-state index in [2.05, 4.69) is 20.5 Å². The first-order chi connectivity index (χ1) is 14.1. The van der Waals surface area contributed by atoms with Gasteiger partial charge >= 0.3 is 6.01 Å². The van der Waals surface area contributed by atoms with Crippen LogP contribution in [0.5, 0.6) is 5.75 Å². The van der Waals surface area contributed by atoms with E-state index in [0.29, 0.717) is 17.3 Å². The van der Waals surface area contributed by atoms with Gasteiger partial charge in [-0.1, -0.05) is 11.2 Å². The van der Waals surface area contributed by atoms with E-state index in [0.717, 1.165) is 16.9 Å². The van der Waals surface area contributed by atoms with Crippen molar-refractivity contribution >= 4 is 23.9 Å². The SMILES string of the molecule is COc1cc(/C=C/c2nnc(Nc3ccc(F)cc3)o2)ccc1-n1cnc(C)c1. The second kappa shape index (κ2) is 7.97. The minimum Gasteiger partial charge on any atom is -0.495 e. The van der Waals surface area contributed by atoms with Gasteiger partial charge in [0.1, 0.15) is 11.6 Å². The summed E-state index contributed by atoms with van der Waals surface area (Å²) in [5, 5.41) is 10.8. The van der Waals surface area contributed by atoms with Gasteiger partial charge in [-0.25, -0.2) is 9.37 Å². The van der Waals surface area contributed by atoms with Crippen LogP contribution in [0.2, 0.25) is 0 Å². The Morgan fingerprint density at radius 3 is 2.66 bits per heavy atom. The zero-order valence-corrected chi connectivity index (χ0v) is 15.8. The summed E-state index contributed by atoms with van der Waals surface area (Å²) in [6.07, 6.45) is 7.23. The Balaban J connectivity index is 1.49. The van der Waals surface area contributed by atoms with Crippen LogP contribution < -0.4 is 10.1 Å². The van der Waals surface area contributed by atoms with E-state index < -0.39 is 0 Å². The Kier molecular flexibility index (Phi) is 5.07. The second-order valence-electron chi connectivity index (χ2n) is 6.26. The molecule has 0 saturated heterocycles. The molecule has 4 aromatic rings. The van der Waals surface area contributed by atoms with Gasteiger partial charge in [-0.15, -0.1) is 5.10 Å². The lowest BCUT2D eigenvalue weighted by atomic mass is 10.1. The van der Waals surface area contributed by atoms with Crippen molar-refractivity contribution in [2.75, 3.05) is 12.4 Å². The van der Waals surface area contributed by atoms with Crippen molar-refractivity contribution < 1.29 is 13.5 Å². The van der Waals surface area contributed by atoms with Gasteiger partial charge in [-0.3, -0.25) is 0 Å². The fourth-order valence-electron chi connectivity index (χ4n) is 2.74. The number of nitrogens with zero attached hydrogens (tertiary/aromatic N) is 4. The fraction of sp³-hybridized carbons (Fsp3) is 0.0952. The molecule has 0 atom stereocenters. The van der Waals surface area contributed by atoms with Gasteiger partial charge < -0.3 is 19.0 Å². The molecule has 8 heteroatoms. The molecule has 0 aliphatic heterocycles. The van der Waals surface area contributed by atoms with Crippen molar-refractivity contribution in [2.24, 2.45) is 0 Å². The van der Waals surface area contributed by atoms with E-state index in [4.69, 9.17) is 9.15 Å². The smallest absolute Gasteiger partial charge is 0.320 e. The van der Waals surface area contributed by atoms with Crippen molar-refractivity contribution in [3.8, 4) is 11.4 Å². The van der Waals surface area contributed by atoms with E-state index in [1.807, 2.05) is 42.0 Å². The predicted molar refractivity (Wildman–Crippen MR) is 108 cm³/mol. The maximum absolute atomic E-state index is 13.0. The van der Waals surface area contributed by atoms with Gasteiger partial charge in [0.15, 0.2) is 0 Å². The second-order valence-corrected chi connectivity index (χ2v) is 6.26. The van der Waals surface area contributed by atoms with Gasteiger partial charge in [0.2, 0.25) is 5.89 Å². The Morgan fingerprint density at radius 1 is 1.10 bits per heavy atom. The zero-order chi connectivity index (χ0) is 20.2. The average molecular weight is 391 g/mol. The Morgan fingerprint density at radius 2 is 1.93 bits per heavy atom. The molecule has 0 bridgehead atoms. The summed E-state index contributed by atoms with van der Waals surface area (Å²) in [5.74, 6) is 0.742. The quantitative estimate of drug-likeness (QED) is 0.517. The van der Waals surface area contributed by atoms with Crippen LogP contribution in [0.1, 0.15) is 17.1 Å². The van der Waals surface area contributed by atoms with Gasteiger partial charge in [-0.05, 0) is 55.0 Å². The van der Waals surface area contributed by atoms with Gasteiger partial charge in [-0.2, -0.15) is 0 Å². The number of nitrogens with one attached hydrogen (secondary N) is 1. The molecule has 2 aromatic heterocycles. The molecule has 7 nitrogen and oxygen atoms in total. The van der Waals surface area contributed by atoms with Crippen LogP contribution in [0.15, 0.2) is 59.4 Å². The van der Waals surface area contributed by atoms with Crippen molar-refractivity contribution in [1.29, 1.82) is 0 Å². The molecule has 0 amide bonds. The molecule has 0 spiro atoms. The molecule has 0 aliphatic carbocycles. The van der Waals surface area contributed by atoms with E-state index in [9.17, 15) is 4.39 Å². The number of imidazole rings is 1. The first-order valence-electron chi connectivity index (χ1n) is 8.84. The molecule has 4 rings (SSSR count). The Labute approximate surface area is 166 Å². The zero-order valence-electron chi connectivity index (χ0n) is 15.8. The van der Waals surface area contributed by atoms with Crippen molar-refractivity contribution in [3.05, 3.63) is 78.0 Å². The molecule has 0 radical (unpaired) electrons. The van der Waals surface area contributed by atoms with Crippen molar-refractivity contribution in [1.82, 2.24) is 19.7 Å². The van der Waals surface area contributed by atoms with Crippen LogP contribution in [0.25, 0.3) is 17.8 Å². The molecule has 146 valence electrons. The molecule has 2 heterocycles. The standard InChI is InChI=1S/C21H18FN5O2/c1-14-12-27(13-23-14)18-9-3-15(11-19(18)28-2)4-10-20-25-26-21(29-20)24-17-7-5-16(22)6-8-17/h3-13H,1-2H3,(H,24,26)/b10-4+. The number of halogens is 1. The number of benzene rings is 2. The third-order valence-electron chi connectivity index (χ3n) is 4.15. The number of rotatable bonds is 6. The molecule has 0 fully saturated rings. The lowest BCUT2D eigenvalue weighted by Gasteiger charge is -2.09. The van der Waals surface area contributed by atoms with Crippen molar-refractivity contribution in [2.45, 2.75) is 6.92 Å². The molecule has 0 saturated carbocycles. The van der Waals surface area contributed by atoms with E-state index >= 15 is 0 Å². The van der Waals surface area contributed by atoms with E-state index in [1.54, 1.807) is 31.6 Å². The molecule has 2 aromatic carbocycles. The highest BCUT2D eigenvalue weighted by Crippen LogP contribution is 2.25. The van der Waals surface area contributed by atoms with E-state index in [-0.39, 0.29) is 11.8 Å². The Hall–Kier alpha value is -3.94. The lowest BCUT2D eigenvalue weighted by Crippen LogP contribution is -1.95. The number of hydrogen-bond acceptors (Lipinski definition) is 6. The molecule has 1 N–H and O–H groups in total. The molecule has 0 unspecified atom stereocenters. The summed E-state index contributed by atoms with van der Waals surface area (Å²) < 4.78 is 25.9. The molecular weight excluding hydrogens is 373 g/mol. The average Bonchev–Trinajstić information content (AvgIpc) is 3.36. The summed E-state index contributed by atoms with van der Waals surface area (Å²) >= 11 is 0. The van der Waals surface area contributed by atoms with E-state index in [1.165, 1.54) is 12.1 Å². The third-order valence-corrected chi connectivity index (χ3v) is 4.15. The van der Waals surface area contributed by atoms with Crippen molar-refractivity contribution in [3.63, 3.8) is 0 Å². The highest BCUT2D eigenvalue weighted by atomic mass is 19.1. The van der Waals surface area contributed by atoms with Gasteiger partial charge in [0.05, 0.1) is 24.8 Å². The minimum absolute atomic E-state index is 0.222. The summed E-state index contributed by atoms with van der Waals surface area (Å²) in [6, 6.07) is 11.9.